The third kappa shape index (κ3) is 4.91. The summed E-state index contributed by atoms with van der Waals surface area (Å²) in [5.41, 5.74) is 7.54. The first kappa shape index (κ1) is 25.8. The molecule has 0 atom stereocenters. The van der Waals surface area contributed by atoms with Crippen LogP contribution in [0.2, 0.25) is 0 Å². The Bertz CT molecular complexity index is 2270. The van der Waals surface area contributed by atoms with E-state index >= 15 is 0 Å². The van der Waals surface area contributed by atoms with Gasteiger partial charge in [-0.3, -0.25) is 0 Å². The van der Waals surface area contributed by atoms with E-state index in [4.69, 9.17) is 15.0 Å². The van der Waals surface area contributed by atoms with Crippen molar-refractivity contribution in [3.8, 4) is 56.4 Å². The first-order chi connectivity index (χ1) is 21.8. The Kier molecular flexibility index (Phi) is 6.47. The van der Waals surface area contributed by atoms with Crippen molar-refractivity contribution in [2.45, 2.75) is 0 Å². The number of fused-ring (bicyclic) bond motifs is 2. The summed E-state index contributed by atoms with van der Waals surface area (Å²) in [4.78, 5) is 15.0. The predicted molar refractivity (Wildman–Crippen MR) is 182 cm³/mol. The molecule has 8 aromatic rings. The summed E-state index contributed by atoms with van der Waals surface area (Å²) < 4.78 is 0. The highest BCUT2D eigenvalue weighted by atomic mass is 15.0. The topological polar surface area (TPSA) is 38.7 Å². The zero-order valence-corrected chi connectivity index (χ0v) is 23.9. The molecule has 0 aliphatic rings. The van der Waals surface area contributed by atoms with Crippen molar-refractivity contribution in [2.75, 3.05) is 0 Å². The molecule has 0 unspecified atom stereocenters. The highest BCUT2D eigenvalue weighted by Gasteiger charge is 2.14. The minimum Gasteiger partial charge on any atom is -0.208 e. The van der Waals surface area contributed by atoms with Crippen LogP contribution in [0.4, 0.5) is 0 Å². The molecule has 0 saturated carbocycles. The maximum Gasteiger partial charge on any atom is 0.164 e. The van der Waals surface area contributed by atoms with Crippen LogP contribution < -0.4 is 0 Å². The first-order valence-electron chi connectivity index (χ1n) is 14.8. The molecule has 44 heavy (non-hydrogen) atoms. The van der Waals surface area contributed by atoms with E-state index in [1.165, 1.54) is 32.8 Å². The molecule has 0 aliphatic heterocycles. The van der Waals surface area contributed by atoms with E-state index in [9.17, 15) is 0 Å². The molecule has 0 N–H and O–H groups in total. The number of nitrogens with zero attached hydrogens (tertiary/aromatic N) is 3. The molecule has 1 aromatic heterocycles. The summed E-state index contributed by atoms with van der Waals surface area (Å²) in [6.07, 6.45) is 0. The third-order valence-electron chi connectivity index (χ3n) is 8.08. The molecule has 3 nitrogen and oxygen atoms in total. The van der Waals surface area contributed by atoms with Crippen LogP contribution in [0.5, 0.6) is 0 Å². The Morgan fingerprint density at radius 1 is 0.273 bits per heavy atom. The van der Waals surface area contributed by atoms with Crippen molar-refractivity contribution in [3.63, 3.8) is 0 Å². The van der Waals surface area contributed by atoms with Crippen LogP contribution in [0.25, 0.3) is 78.0 Å². The molecule has 3 heteroatoms. The van der Waals surface area contributed by atoms with Gasteiger partial charge in [0.25, 0.3) is 0 Å². The van der Waals surface area contributed by atoms with Crippen molar-refractivity contribution in [1.29, 1.82) is 0 Å². The summed E-state index contributed by atoms with van der Waals surface area (Å²) in [6, 6.07) is 57.1. The molecule has 7 aromatic carbocycles. The lowest BCUT2D eigenvalue weighted by molar-refractivity contribution is 1.07. The summed E-state index contributed by atoms with van der Waals surface area (Å²) in [5.74, 6) is 1.95. The van der Waals surface area contributed by atoms with Gasteiger partial charge in [-0.2, -0.15) is 0 Å². The molecule has 0 amide bonds. The summed E-state index contributed by atoms with van der Waals surface area (Å²) in [7, 11) is 0. The van der Waals surface area contributed by atoms with Gasteiger partial charge in [-0.25, -0.2) is 15.0 Å². The second-order valence-corrected chi connectivity index (χ2v) is 10.9. The van der Waals surface area contributed by atoms with Gasteiger partial charge in [-0.05, 0) is 68.1 Å². The SMILES string of the molecule is c1ccc(-c2cc(-c3cccc(-c4nc(-c5ccccc5)nc(-c5ccc6ccccc6c5)n4)c3)c3ccccc3c2)cc1. The van der Waals surface area contributed by atoms with Gasteiger partial charge in [0.2, 0.25) is 0 Å². The number of rotatable bonds is 5. The molecule has 0 spiro atoms. The predicted octanol–water partition coefficient (Wildman–Crippen LogP) is 10.5. The lowest BCUT2D eigenvalue weighted by Crippen LogP contribution is -2.00. The van der Waals surface area contributed by atoms with Crippen LogP contribution in [-0.2, 0) is 0 Å². The van der Waals surface area contributed by atoms with Crippen molar-refractivity contribution >= 4 is 21.5 Å². The van der Waals surface area contributed by atoms with E-state index in [-0.39, 0.29) is 0 Å². The van der Waals surface area contributed by atoms with E-state index < -0.39 is 0 Å². The molecule has 8 rings (SSSR count). The minimum absolute atomic E-state index is 0.646. The summed E-state index contributed by atoms with van der Waals surface area (Å²) in [5, 5.41) is 4.76. The van der Waals surface area contributed by atoms with Gasteiger partial charge >= 0.3 is 0 Å². The van der Waals surface area contributed by atoms with Gasteiger partial charge < -0.3 is 0 Å². The summed E-state index contributed by atoms with van der Waals surface area (Å²) >= 11 is 0. The molecular weight excluding hydrogens is 534 g/mol. The number of benzene rings is 7. The van der Waals surface area contributed by atoms with E-state index in [1.54, 1.807) is 0 Å². The molecule has 0 aliphatic carbocycles. The van der Waals surface area contributed by atoms with Crippen LogP contribution in [0, 0.1) is 0 Å². The smallest absolute Gasteiger partial charge is 0.164 e. The van der Waals surface area contributed by atoms with Gasteiger partial charge in [0.15, 0.2) is 17.5 Å². The molecule has 0 saturated heterocycles. The highest BCUT2D eigenvalue weighted by Crippen LogP contribution is 2.36. The van der Waals surface area contributed by atoms with Crippen LogP contribution in [0.15, 0.2) is 164 Å². The Morgan fingerprint density at radius 3 is 1.55 bits per heavy atom. The zero-order chi connectivity index (χ0) is 29.3. The lowest BCUT2D eigenvalue weighted by atomic mass is 9.92. The van der Waals surface area contributed by atoms with Crippen LogP contribution in [0.3, 0.4) is 0 Å². The fraction of sp³-hybridized carbons (Fsp3) is 0. The van der Waals surface area contributed by atoms with E-state index in [0.717, 1.165) is 27.6 Å². The molecule has 0 fully saturated rings. The zero-order valence-electron chi connectivity index (χ0n) is 23.9. The Labute approximate surface area is 256 Å². The maximum absolute atomic E-state index is 5.05. The molecule has 0 radical (unpaired) electrons. The Balaban J connectivity index is 1.30. The quantitative estimate of drug-likeness (QED) is 0.210. The molecular formula is C41H27N3. The fourth-order valence-corrected chi connectivity index (χ4v) is 5.85. The van der Waals surface area contributed by atoms with Gasteiger partial charge in [-0.15, -0.1) is 0 Å². The molecule has 0 bridgehead atoms. The average Bonchev–Trinajstić information content (AvgIpc) is 3.11. The second-order valence-electron chi connectivity index (χ2n) is 10.9. The summed E-state index contributed by atoms with van der Waals surface area (Å²) in [6.45, 7) is 0. The molecule has 1 heterocycles. The van der Waals surface area contributed by atoms with Crippen LogP contribution in [0.1, 0.15) is 0 Å². The van der Waals surface area contributed by atoms with Crippen molar-refractivity contribution in [3.05, 3.63) is 164 Å². The Hall–Kier alpha value is -5.93. The monoisotopic (exact) mass is 561 g/mol. The third-order valence-corrected chi connectivity index (χ3v) is 8.08. The largest absolute Gasteiger partial charge is 0.208 e. The van der Waals surface area contributed by atoms with Crippen molar-refractivity contribution in [1.82, 2.24) is 15.0 Å². The van der Waals surface area contributed by atoms with Crippen molar-refractivity contribution < 1.29 is 0 Å². The fourth-order valence-electron chi connectivity index (χ4n) is 5.85. The maximum atomic E-state index is 5.05. The normalized spacial score (nSPS) is 11.2. The van der Waals surface area contributed by atoms with Gasteiger partial charge in [-0.1, -0.05) is 140 Å². The number of hydrogen-bond donors (Lipinski definition) is 0. The molecule has 206 valence electrons. The second kappa shape index (κ2) is 11.0. The van der Waals surface area contributed by atoms with Gasteiger partial charge in [0.1, 0.15) is 0 Å². The van der Waals surface area contributed by atoms with E-state index in [2.05, 4.69) is 133 Å². The average molecular weight is 562 g/mol. The first-order valence-corrected chi connectivity index (χ1v) is 14.8. The van der Waals surface area contributed by atoms with Gasteiger partial charge in [0.05, 0.1) is 0 Å². The lowest BCUT2D eigenvalue weighted by Gasteiger charge is -2.13. The minimum atomic E-state index is 0.646. The van der Waals surface area contributed by atoms with Crippen LogP contribution >= 0.6 is 0 Å². The number of aromatic nitrogens is 3. The highest BCUT2D eigenvalue weighted by molar-refractivity contribution is 6.00. The standard InChI is InChI=1S/C41H27N3/c1-3-12-28(13-4-1)36-26-32-18-9-10-21-37(32)38(27-36)33-19-11-20-34(25-33)40-42-39(30-15-5-2-6-16-30)43-41(44-40)35-23-22-29-14-7-8-17-31(29)24-35/h1-27H. The Morgan fingerprint density at radius 2 is 0.795 bits per heavy atom. The van der Waals surface area contributed by atoms with E-state index in [1.807, 2.05) is 30.3 Å². The van der Waals surface area contributed by atoms with Gasteiger partial charge in [0, 0.05) is 16.7 Å². The van der Waals surface area contributed by atoms with E-state index in [0.29, 0.717) is 17.5 Å². The van der Waals surface area contributed by atoms with Crippen molar-refractivity contribution in [2.24, 2.45) is 0 Å². The number of hydrogen-bond acceptors (Lipinski definition) is 3. The van der Waals surface area contributed by atoms with Crippen LogP contribution in [-0.4, -0.2) is 15.0 Å².